The van der Waals surface area contributed by atoms with E-state index < -0.39 is 24.5 Å². The van der Waals surface area contributed by atoms with Gasteiger partial charge >= 0.3 is 12.1 Å². The van der Waals surface area contributed by atoms with Gasteiger partial charge in [0.2, 0.25) is 0 Å². The Labute approximate surface area is 73.7 Å². The molecule has 0 aliphatic heterocycles. The first-order valence-corrected chi connectivity index (χ1v) is 4.19. The van der Waals surface area contributed by atoms with Crippen LogP contribution >= 0.6 is 0 Å². The van der Waals surface area contributed by atoms with E-state index in [1.165, 1.54) is 0 Å². The Morgan fingerprint density at radius 1 is 1.46 bits per heavy atom. The highest BCUT2D eigenvalue weighted by atomic mass is 19.4. The molecule has 1 aliphatic rings. The van der Waals surface area contributed by atoms with Gasteiger partial charge in [0.05, 0.1) is 12.3 Å². The number of alkyl halides is 3. The summed E-state index contributed by atoms with van der Waals surface area (Å²) in [6.07, 6.45) is -3.46. The third-order valence-electron chi connectivity index (χ3n) is 2.49. The maximum absolute atomic E-state index is 11.9. The number of hydrogen-bond acceptors (Lipinski definition) is 1. The van der Waals surface area contributed by atoms with E-state index in [-0.39, 0.29) is 5.92 Å². The van der Waals surface area contributed by atoms with Crippen molar-refractivity contribution >= 4 is 5.97 Å². The van der Waals surface area contributed by atoms with Crippen LogP contribution in [0.3, 0.4) is 0 Å². The number of carboxylic acid groups (broad SMARTS) is 1. The number of halogens is 3. The molecule has 1 rings (SSSR count). The molecular weight excluding hydrogens is 185 g/mol. The van der Waals surface area contributed by atoms with Crippen molar-refractivity contribution in [2.75, 3.05) is 0 Å². The molecule has 0 aromatic rings. The minimum atomic E-state index is -4.36. The van der Waals surface area contributed by atoms with Gasteiger partial charge in [-0.1, -0.05) is 6.42 Å². The first-order valence-electron chi connectivity index (χ1n) is 4.19. The van der Waals surface area contributed by atoms with Gasteiger partial charge in [0.1, 0.15) is 0 Å². The smallest absolute Gasteiger partial charge is 0.389 e. The third kappa shape index (κ3) is 2.90. The lowest BCUT2D eigenvalue weighted by molar-refractivity contribution is -0.170. The number of aliphatic carboxylic acids is 1. The topological polar surface area (TPSA) is 37.3 Å². The molecule has 1 N–H and O–H groups in total. The first kappa shape index (κ1) is 10.3. The fourth-order valence-corrected chi connectivity index (χ4v) is 1.55. The van der Waals surface area contributed by atoms with Crippen LogP contribution in [0.15, 0.2) is 0 Å². The average Bonchev–Trinajstić information content (AvgIpc) is 1.78. The summed E-state index contributed by atoms with van der Waals surface area (Å²) in [6.45, 7) is 0. The Balaban J connectivity index is 2.52. The van der Waals surface area contributed by atoms with Gasteiger partial charge in [-0.3, -0.25) is 4.79 Å². The number of carboxylic acids is 1. The summed E-state index contributed by atoms with van der Waals surface area (Å²) in [7, 11) is 0. The molecule has 1 saturated carbocycles. The normalized spacial score (nSPS) is 20.8. The van der Waals surface area contributed by atoms with E-state index in [0.29, 0.717) is 12.8 Å². The second-order valence-corrected chi connectivity index (χ2v) is 3.46. The molecule has 1 unspecified atom stereocenters. The van der Waals surface area contributed by atoms with E-state index in [1.54, 1.807) is 0 Å². The van der Waals surface area contributed by atoms with Crippen LogP contribution in [0, 0.1) is 11.8 Å². The van der Waals surface area contributed by atoms with Crippen LogP contribution in [0.25, 0.3) is 0 Å². The highest BCUT2D eigenvalue weighted by molar-refractivity contribution is 5.70. The molecule has 0 spiro atoms. The summed E-state index contributed by atoms with van der Waals surface area (Å²) in [5, 5.41) is 8.57. The van der Waals surface area contributed by atoms with Crippen LogP contribution in [0.2, 0.25) is 0 Å². The molecule has 0 aromatic heterocycles. The van der Waals surface area contributed by atoms with Crippen molar-refractivity contribution in [2.45, 2.75) is 31.9 Å². The molecule has 5 heteroatoms. The molecule has 76 valence electrons. The minimum Gasteiger partial charge on any atom is -0.481 e. The Morgan fingerprint density at radius 3 is 2.23 bits per heavy atom. The maximum Gasteiger partial charge on any atom is 0.389 e. The van der Waals surface area contributed by atoms with Crippen molar-refractivity contribution in [2.24, 2.45) is 11.8 Å². The maximum atomic E-state index is 11.9. The lowest BCUT2D eigenvalue weighted by atomic mass is 9.74. The SMILES string of the molecule is O=C(O)C(CC(F)(F)F)C1CCC1. The fraction of sp³-hybridized carbons (Fsp3) is 0.875. The molecule has 2 nitrogen and oxygen atoms in total. The highest BCUT2D eigenvalue weighted by Gasteiger charge is 2.41. The molecular formula is C8H11F3O2. The van der Waals surface area contributed by atoms with Crippen LogP contribution in [0.5, 0.6) is 0 Å². The fourth-order valence-electron chi connectivity index (χ4n) is 1.55. The number of hydrogen-bond donors (Lipinski definition) is 1. The summed E-state index contributed by atoms with van der Waals surface area (Å²) in [5.74, 6) is -2.81. The van der Waals surface area contributed by atoms with Crippen molar-refractivity contribution in [1.82, 2.24) is 0 Å². The second-order valence-electron chi connectivity index (χ2n) is 3.46. The quantitative estimate of drug-likeness (QED) is 0.752. The Hall–Kier alpha value is -0.740. The zero-order valence-corrected chi connectivity index (χ0v) is 6.97. The van der Waals surface area contributed by atoms with Crippen molar-refractivity contribution in [1.29, 1.82) is 0 Å². The van der Waals surface area contributed by atoms with Gasteiger partial charge < -0.3 is 5.11 Å². The van der Waals surface area contributed by atoms with Gasteiger partial charge in [0, 0.05) is 0 Å². The molecule has 1 atom stereocenters. The second kappa shape index (κ2) is 3.55. The van der Waals surface area contributed by atoms with Crippen molar-refractivity contribution in [3.05, 3.63) is 0 Å². The number of carbonyl (C=O) groups is 1. The van der Waals surface area contributed by atoms with Gasteiger partial charge in [-0.15, -0.1) is 0 Å². The third-order valence-corrected chi connectivity index (χ3v) is 2.49. The van der Waals surface area contributed by atoms with Gasteiger partial charge in [0.15, 0.2) is 0 Å². The van der Waals surface area contributed by atoms with E-state index in [9.17, 15) is 18.0 Å². The van der Waals surface area contributed by atoms with E-state index in [0.717, 1.165) is 6.42 Å². The zero-order chi connectivity index (χ0) is 10.1. The molecule has 1 aliphatic carbocycles. The summed E-state index contributed by atoms with van der Waals surface area (Å²) in [6, 6.07) is 0. The Morgan fingerprint density at radius 2 is 2.00 bits per heavy atom. The van der Waals surface area contributed by atoms with E-state index >= 15 is 0 Å². The van der Waals surface area contributed by atoms with Gasteiger partial charge in [0.25, 0.3) is 0 Å². The zero-order valence-electron chi connectivity index (χ0n) is 6.97. The molecule has 0 saturated heterocycles. The van der Waals surface area contributed by atoms with Gasteiger partial charge in [-0.2, -0.15) is 13.2 Å². The largest absolute Gasteiger partial charge is 0.481 e. The predicted octanol–water partition coefficient (Wildman–Crippen LogP) is 2.44. The van der Waals surface area contributed by atoms with Crippen LogP contribution in [-0.2, 0) is 4.79 Å². The number of rotatable bonds is 3. The van der Waals surface area contributed by atoms with Gasteiger partial charge in [-0.05, 0) is 18.8 Å². The van der Waals surface area contributed by atoms with Crippen LogP contribution in [-0.4, -0.2) is 17.3 Å². The van der Waals surface area contributed by atoms with Gasteiger partial charge in [-0.25, -0.2) is 0 Å². The van der Waals surface area contributed by atoms with Crippen LogP contribution < -0.4 is 0 Å². The molecule has 0 radical (unpaired) electrons. The first-order chi connectivity index (χ1) is 5.90. The van der Waals surface area contributed by atoms with Crippen molar-refractivity contribution < 1.29 is 23.1 Å². The van der Waals surface area contributed by atoms with Crippen LogP contribution in [0.1, 0.15) is 25.7 Å². The lowest BCUT2D eigenvalue weighted by Crippen LogP contribution is -2.32. The summed E-state index contributed by atoms with van der Waals surface area (Å²) in [4.78, 5) is 10.5. The molecule has 0 bridgehead atoms. The minimum absolute atomic E-state index is 0.265. The van der Waals surface area contributed by atoms with E-state index in [4.69, 9.17) is 5.11 Å². The van der Waals surface area contributed by atoms with E-state index in [2.05, 4.69) is 0 Å². The molecule has 1 fully saturated rings. The molecule has 0 aromatic carbocycles. The monoisotopic (exact) mass is 196 g/mol. The van der Waals surface area contributed by atoms with Crippen molar-refractivity contribution in [3.8, 4) is 0 Å². The molecule has 13 heavy (non-hydrogen) atoms. The lowest BCUT2D eigenvalue weighted by Gasteiger charge is -2.31. The highest BCUT2D eigenvalue weighted by Crippen LogP contribution is 2.39. The Bertz CT molecular complexity index is 196. The predicted molar refractivity (Wildman–Crippen MR) is 39.1 cm³/mol. The summed E-state index contributed by atoms with van der Waals surface area (Å²) < 4.78 is 35.8. The van der Waals surface area contributed by atoms with E-state index in [1.807, 2.05) is 0 Å². The summed E-state index contributed by atoms with van der Waals surface area (Å²) in [5.41, 5.74) is 0. The standard InChI is InChI=1S/C8H11F3O2/c9-8(10,11)4-6(7(12)13)5-2-1-3-5/h5-6H,1-4H2,(H,12,13). The summed E-state index contributed by atoms with van der Waals surface area (Å²) >= 11 is 0. The molecule has 0 amide bonds. The Kier molecular flexibility index (Phi) is 2.83. The average molecular weight is 196 g/mol. The van der Waals surface area contributed by atoms with Crippen molar-refractivity contribution in [3.63, 3.8) is 0 Å². The van der Waals surface area contributed by atoms with Crippen LogP contribution in [0.4, 0.5) is 13.2 Å². The molecule has 0 heterocycles.